The van der Waals surface area contributed by atoms with Crippen molar-refractivity contribution in [1.29, 1.82) is 0 Å². The molecule has 28 heavy (non-hydrogen) atoms. The van der Waals surface area contributed by atoms with Crippen LogP contribution in [0.3, 0.4) is 0 Å². The normalized spacial score (nSPS) is 11.2. The van der Waals surface area contributed by atoms with E-state index in [2.05, 4.69) is 95.0 Å². The van der Waals surface area contributed by atoms with E-state index in [0.29, 0.717) is 0 Å². The maximum Gasteiger partial charge on any atom is 0.0724 e. The van der Waals surface area contributed by atoms with Crippen LogP contribution in [-0.4, -0.2) is 9.55 Å². The second-order valence-electron chi connectivity index (χ2n) is 7.12. The number of fused-ring (bicyclic) bond motifs is 3. The second kappa shape index (κ2) is 6.50. The van der Waals surface area contributed by atoms with Gasteiger partial charge in [-0.05, 0) is 36.2 Å². The molecule has 0 amide bonds. The van der Waals surface area contributed by atoms with Crippen molar-refractivity contribution < 1.29 is 0 Å². The highest BCUT2D eigenvalue weighted by Crippen LogP contribution is 2.37. The summed E-state index contributed by atoms with van der Waals surface area (Å²) in [7, 11) is 0. The lowest BCUT2D eigenvalue weighted by molar-refractivity contribution is 1.16. The third-order valence-corrected chi connectivity index (χ3v) is 5.29. The van der Waals surface area contributed by atoms with Crippen molar-refractivity contribution in [1.82, 2.24) is 9.55 Å². The van der Waals surface area contributed by atoms with Gasteiger partial charge in [-0.15, -0.1) is 0 Å². The van der Waals surface area contributed by atoms with E-state index >= 15 is 0 Å². The lowest BCUT2D eigenvalue weighted by atomic mass is 10.0. The zero-order valence-corrected chi connectivity index (χ0v) is 15.8. The van der Waals surface area contributed by atoms with Crippen molar-refractivity contribution in [3.05, 3.63) is 103 Å². The SMILES string of the molecule is C=C(C)c1ccc(-n2c3cnccc3c3cccc(-c4ccccc4)c32)cc1. The zero-order chi connectivity index (χ0) is 19.1. The van der Waals surface area contributed by atoms with E-state index in [0.717, 1.165) is 22.3 Å². The summed E-state index contributed by atoms with van der Waals surface area (Å²) in [6.07, 6.45) is 3.82. The molecule has 5 rings (SSSR count). The Morgan fingerprint density at radius 2 is 1.61 bits per heavy atom. The summed E-state index contributed by atoms with van der Waals surface area (Å²) in [6.45, 7) is 6.09. The van der Waals surface area contributed by atoms with Gasteiger partial charge in [-0.25, -0.2) is 0 Å². The molecule has 0 unspecified atom stereocenters. The predicted molar refractivity (Wildman–Crippen MR) is 119 cm³/mol. The second-order valence-corrected chi connectivity index (χ2v) is 7.12. The Labute approximate surface area is 164 Å². The van der Waals surface area contributed by atoms with Crippen LogP contribution in [0, 0.1) is 0 Å². The average molecular weight is 360 g/mol. The molecule has 2 heterocycles. The Kier molecular flexibility index (Phi) is 3.84. The van der Waals surface area contributed by atoms with Crippen LogP contribution in [0.25, 0.3) is 44.2 Å². The number of hydrogen-bond acceptors (Lipinski definition) is 1. The largest absolute Gasteiger partial charge is 0.307 e. The molecule has 0 N–H and O–H groups in total. The molecule has 0 saturated heterocycles. The molecular formula is C26H20N2. The Hall–Kier alpha value is -3.65. The van der Waals surface area contributed by atoms with E-state index in [1.807, 2.05) is 19.3 Å². The molecule has 0 atom stereocenters. The minimum atomic E-state index is 1.07. The first-order valence-corrected chi connectivity index (χ1v) is 9.43. The van der Waals surface area contributed by atoms with Crippen molar-refractivity contribution in [2.45, 2.75) is 6.92 Å². The van der Waals surface area contributed by atoms with Gasteiger partial charge in [0, 0.05) is 28.2 Å². The van der Waals surface area contributed by atoms with Crippen molar-refractivity contribution in [3.8, 4) is 16.8 Å². The highest BCUT2D eigenvalue weighted by atomic mass is 15.0. The standard InChI is InChI=1S/C26H20N2/c1-18(2)19-11-13-21(14-12-19)28-25-17-27-16-15-23(25)24-10-6-9-22(26(24)28)20-7-4-3-5-8-20/h3-17H,1H2,2H3. The number of aromatic nitrogens is 2. The quantitative estimate of drug-likeness (QED) is 0.343. The fraction of sp³-hybridized carbons (Fsp3) is 0.0385. The number of benzene rings is 3. The van der Waals surface area contributed by atoms with Crippen molar-refractivity contribution in [2.24, 2.45) is 0 Å². The van der Waals surface area contributed by atoms with Crippen LogP contribution < -0.4 is 0 Å². The first-order chi connectivity index (χ1) is 13.7. The van der Waals surface area contributed by atoms with E-state index in [9.17, 15) is 0 Å². The average Bonchev–Trinajstić information content (AvgIpc) is 3.09. The van der Waals surface area contributed by atoms with Gasteiger partial charge in [-0.2, -0.15) is 0 Å². The van der Waals surface area contributed by atoms with Crippen LogP contribution in [0.2, 0.25) is 0 Å². The maximum absolute atomic E-state index is 4.41. The first-order valence-electron chi connectivity index (χ1n) is 9.43. The molecule has 0 radical (unpaired) electrons. The summed E-state index contributed by atoms with van der Waals surface area (Å²) in [5.74, 6) is 0. The summed E-state index contributed by atoms with van der Waals surface area (Å²) in [5, 5.41) is 2.45. The zero-order valence-electron chi connectivity index (χ0n) is 15.8. The smallest absolute Gasteiger partial charge is 0.0724 e. The molecule has 134 valence electrons. The first kappa shape index (κ1) is 16.5. The topological polar surface area (TPSA) is 17.8 Å². The third-order valence-electron chi connectivity index (χ3n) is 5.29. The minimum Gasteiger partial charge on any atom is -0.307 e. The van der Waals surface area contributed by atoms with Crippen LogP contribution >= 0.6 is 0 Å². The highest BCUT2D eigenvalue weighted by Gasteiger charge is 2.16. The van der Waals surface area contributed by atoms with Gasteiger partial charge >= 0.3 is 0 Å². The molecule has 0 fully saturated rings. The van der Waals surface area contributed by atoms with Crippen molar-refractivity contribution in [2.75, 3.05) is 0 Å². The molecule has 0 aliphatic rings. The summed E-state index contributed by atoms with van der Waals surface area (Å²) >= 11 is 0. The van der Waals surface area contributed by atoms with Gasteiger partial charge in [-0.1, -0.05) is 72.8 Å². The molecule has 3 aromatic carbocycles. The molecule has 0 aliphatic heterocycles. The van der Waals surface area contributed by atoms with Crippen LogP contribution in [0.1, 0.15) is 12.5 Å². The summed E-state index contributed by atoms with van der Waals surface area (Å²) in [5.41, 5.74) is 8.11. The molecule has 0 bridgehead atoms. The van der Waals surface area contributed by atoms with E-state index in [-0.39, 0.29) is 0 Å². The van der Waals surface area contributed by atoms with Crippen LogP contribution in [-0.2, 0) is 0 Å². The van der Waals surface area contributed by atoms with Gasteiger partial charge in [0.15, 0.2) is 0 Å². The Morgan fingerprint density at radius 1 is 0.821 bits per heavy atom. The van der Waals surface area contributed by atoms with Gasteiger partial charge in [0.05, 0.1) is 17.2 Å². The maximum atomic E-state index is 4.41. The monoisotopic (exact) mass is 360 g/mol. The lowest BCUT2D eigenvalue weighted by Gasteiger charge is -2.12. The molecule has 2 heteroatoms. The van der Waals surface area contributed by atoms with Crippen LogP contribution in [0.4, 0.5) is 0 Å². The predicted octanol–water partition coefficient (Wildman–Crippen LogP) is 6.88. The fourth-order valence-electron chi connectivity index (χ4n) is 3.93. The van der Waals surface area contributed by atoms with Gasteiger partial charge in [0.2, 0.25) is 0 Å². The summed E-state index contributed by atoms with van der Waals surface area (Å²) < 4.78 is 2.32. The number of hydrogen-bond donors (Lipinski definition) is 0. The Bertz CT molecular complexity index is 1310. The van der Waals surface area contributed by atoms with Gasteiger partial charge < -0.3 is 4.57 Å². The van der Waals surface area contributed by atoms with Gasteiger partial charge in [-0.3, -0.25) is 4.98 Å². The molecular weight excluding hydrogens is 340 g/mol. The molecule has 0 saturated carbocycles. The molecule has 0 spiro atoms. The number of nitrogens with zero attached hydrogens (tertiary/aromatic N) is 2. The van der Waals surface area contributed by atoms with Gasteiger partial charge in [0.1, 0.15) is 0 Å². The summed E-state index contributed by atoms with van der Waals surface area (Å²) in [6, 6.07) is 27.8. The van der Waals surface area contributed by atoms with E-state index in [1.54, 1.807) is 0 Å². The van der Waals surface area contributed by atoms with Crippen LogP contribution in [0.15, 0.2) is 97.8 Å². The molecule has 0 aliphatic carbocycles. The van der Waals surface area contributed by atoms with Crippen molar-refractivity contribution in [3.63, 3.8) is 0 Å². The molecule has 2 nitrogen and oxygen atoms in total. The number of allylic oxidation sites excluding steroid dienone is 1. The lowest BCUT2D eigenvalue weighted by Crippen LogP contribution is -1.96. The Morgan fingerprint density at radius 3 is 2.36 bits per heavy atom. The number of para-hydroxylation sites is 1. The molecule has 5 aromatic rings. The van der Waals surface area contributed by atoms with Crippen molar-refractivity contribution >= 4 is 27.4 Å². The summed E-state index contributed by atoms with van der Waals surface area (Å²) in [4.78, 5) is 4.41. The minimum absolute atomic E-state index is 1.07. The van der Waals surface area contributed by atoms with E-state index in [1.165, 1.54) is 27.4 Å². The van der Waals surface area contributed by atoms with Crippen LogP contribution in [0.5, 0.6) is 0 Å². The molecule has 2 aromatic heterocycles. The highest BCUT2D eigenvalue weighted by molar-refractivity contribution is 6.13. The fourth-order valence-corrected chi connectivity index (χ4v) is 3.93. The van der Waals surface area contributed by atoms with E-state index < -0.39 is 0 Å². The van der Waals surface area contributed by atoms with Gasteiger partial charge in [0.25, 0.3) is 0 Å². The number of rotatable bonds is 3. The van der Waals surface area contributed by atoms with E-state index in [4.69, 9.17) is 0 Å². The number of pyridine rings is 1. The third kappa shape index (κ3) is 2.54. The Balaban J connectivity index is 1.89.